The van der Waals surface area contributed by atoms with Gasteiger partial charge in [-0.05, 0) is 36.2 Å². The van der Waals surface area contributed by atoms with Gasteiger partial charge in [0, 0.05) is 6.42 Å². The lowest BCUT2D eigenvalue weighted by molar-refractivity contribution is -0.116. The van der Waals surface area contributed by atoms with E-state index in [-0.39, 0.29) is 5.91 Å². The number of para-hydroxylation sites is 1. The Bertz CT molecular complexity index is 797. The van der Waals surface area contributed by atoms with Crippen LogP contribution in [0.5, 0.6) is 5.75 Å². The molecule has 0 atom stereocenters. The smallest absolute Gasteiger partial charge is 0.224 e. The number of rotatable bonds is 5. The molecule has 0 aliphatic heterocycles. The molecule has 0 radical (unpaired) electrons. The van der Waals surface area contributed by atoms with Crippen molar-refractivity contribution in [1.29, 1.82) is 0 Å². The number of fused-ring (bicyclic) bond motifs is 1. The van der Waals surface area contributed by atoms with Crippen LogP contribution < -0.4 is 10.1 Å². The highest BCUT2D eigenvalue weighted by molar-refractivity contribution is 5.99. The van der Waals surface area contributed by atoms with Gasteiger partial charge in [-0.1, -0.05) is 18.2 Å². The number of amides is 1. The molecule has 0 saturated carbocycles. The summed E-state index contributed by atoms with van der Waals surface area (Å²) in [5.41, 5.74) is 3.12. The summed E-state index contributed by atoms with van der Waals surface area (Å²) < 4.78 is 5.18. The lowest BCUT2D eigenvalue weighted by Gasteiger charge is -2.06. The number of aryl methyl sites for hydroxylation is 1. The highest BCUT2D eigenvalue weighted by Gasteiger charge is 2.08. The van der Waals surface area contributed by atoms with Crippen molar-refractivity contribution in [3.63, 3.8) is 0 Å². The Labute approximate surface area is 127 Å². The van der Waals surface area contributed by atoms with Crippen LogP contribution in [-0.2, 0) is 11.2 Å². The Morgan fingerprint density at radius 3 is 2.95 bits per heavy atom. The van der Waals surface area contributed by atoms with E-state index >= 15 is 0 Å². The quantitative estimate of drug-likeness (QED) is 0.758. The van der Waals surface area contributed by atoms with Gasteiger partial charge >= 0.3 is 0 Å². The standard InChI is InChI=1S/C16H16N4O2/c1-22-12-5-2-4-11(10-12)8-9-15(21)17-13-6-3-7-14-16(13)19-20-18-14/h2-7,10H,8-9H2,1H3,(H,17,21)(H,18,19,20). The molecule has 2 N–H and O–H groups in total. The molecule has 0 aliphatic rings. The van der Waals surface area contributed by atoms with Gasteiger partial charge in [-0.25, -0.2) is 0 Å². The second-order valence-electron chi connectivity index (χ2n) is 4.90. The number of methoxy groups -OCH3 is 1. The fourth-order valence-corrected chi connectivity index (χ4v) is 2.27. The van der Waals surface area contributed by atoms with Crippen LogP contribution in [0.15, 0.2) is 42.5 Å². The highest BCUT2D eigenvalue weighted by Crippen LogP contribution is 2.19. The first-order chi connectivity index (χ1) is 10.8. The first-order valence-corrected chi connectivity index (χ1v) is 6.98. The predicted molar refractivity (Wildman–Crippen MR) is 83.8 cm³/mol. The van der Waals surface area contributed by atoms with E-state index in [1.807, 2.05) is 42.5 Å². The van der Waals surface area contributed by atoms with Crippen molar-refractivity contribution >= 4 is 22.6 Å². The SMILES string of the molecule is COc1cccc(CCC(=O)Nc2cccc3n[nH]nc23)c1. The van der Waals surface area contributed by atoms with Gasteiger partial charge in [-0.2, -0.15) is 15.4 Å². The number of nitrogens with one attached hydrogen (secondary N) is 2. The fraction of sp³-hybridized carbons (Fsp3) is 0.188. The van der Waals surface area contributed by atoms with E-state index in [1.165, 1.54) is 0 Å². The van der Waals surface area contributed by atoms with Gasteiger partial charge in [0.2, 0.25) is 5.91 Å². The summed E-state index contributed by atoms with van der Waals surface area (Å²) in [6, 6.07) is 13.2. The Morgan fingerprint density at radius 1 is 1.23 bits per heavy atom. The van der Waals surface area contributed by atoms with Crippen molar-refractivity contribution < 1.29 is 9.53 Å². The maximum absolute atomic E-state index is 12.1. The number of anilines is 1. The second-order valence-corrected chi connectivity index (χ2v) is 4.90. The molecule has 3 aromatic rings. The number of hydrogen-bond acceptors (Lipinski definition) is 4. The van der Waals surface area contributed by atoms with Crippen LogP contribution in [0.3, 0.4) is 0 Å². The second kappa shape index (κ2) is 6.26. The predicted octanol–water partition coefficient (Wildman–Crippen LogP) is 2.54. The van der Waals surface area contributed by atoms with Crippen molar-refractivity contribution in [1.82, 2.24) is 15.4 Å². The van der Waals surface area contributed by atoms with Crippen LogP contribution >= 0.6 is 0 Å². The molecule has 0 aliphatic carbocycles. The van der Waals surface area contributed by atoms with Crippen molar-refractivity contribution in [2.45, 2.75) is 12.8 Å². The number of nitrogens with zero attached hydrogens (tertiary/aromatic N) is 2. The Hall–Kier alpha value is -2.89. The summed E-state index contributed by atoms with van der Waals surface area (Å²) in [5, 5.41) is 13.5. The van der Waals surface area contributed by atoms with E-state index in [2.05, 4.69) is 20.7 Å². The fourth-order valence-electron chi connectivity index (χ4n) is 2.27. The van der Waals surface area contributed by atoms with Gasteiger partial charge in [0.25, 0.3) is 0 Å². The number of aromatic amines is 1. The molecule has 0 saturated heterocycles. The molecular formula is C16H16N4O2. The van der Waals surface area contributed by atoms with Crippen molar-refractivity contribution in [2.24, 2.45) is 0 Å². The van der Waals surface area contributed by atoms with Gasteiger partial charge < -0.3 is 10.1 Å². The third kappa shape index (κ3) is 3.06. The summed E-state index contributed by atoms with van der Waals surface area (Å²) >= 11 is 0. The molecule has 0 spiro atoms. The average molecular weight is 296 g/mol. The number of aromatic nitrogens is 3. The minimum Gasteiger partial charge on any atom is -0.497 e. The zero-order valence-electron chi connectivity index (χ0n) is 12.2. The lowest BCUT2D eigenvalue weighted by Crippen LogP contribution is -2.12. The van der Waals surface area contributed by atoms with E-state index in [4.69, 9.17) is 4.74 Å². The number of carbonyl (C=O) groups is 1. The number of carbonyl (C=O) groups excluding carboxylic acids is 1. The molecule has 0 bridgehead atoms. The van der Waals surface area contributed by atoms with Crippen LogP contribution in [0.4, 0.5) is 5.69 Å². The van der Waals surface area contributed by atoms with Crippen LogP contribution in [0.25, 0.3) is 11.0 Å². The molecule has 112 valence electrons. The minimum atomic E-state index is -0.0571. The van der Waals surface area contributed by atoms with Crippen molar-refractivity contribution in [2.75, 3.05) is 12.4 Å². The largest absolute Gasteiger partial charge is 0.497 e. The van der Waals surface area contributed by atoms with E-state index < -0.39 is 0 Å². The van der Waals surface area contributed by atoms with Gasteiger partial charge in [-0.3, -0.25) is 4.79 Å². The normalized spacial score (nSPS) is 10.6. The molecule has 6 nitrogen and oxygen atoms in total. The maximum atomic E-state index is 12.1. The summed E-state index contributed by atoms with van der Waals surface area (Å²) in [7, 11) is 1.63. The number of ether oxygens (including phenoxy) is 1. The Kier molecular flexibility index (Phi) is 4.00. The van der Waals surface area contributed by atoms with Gasteiger partial charge in [0.15, 0.2) is 0 Å². The third-order valence-electron chi connectivity index (χ3n) is 3.40. The van der Waals surface area contributed by atoms with E-state index in [0.717, 1.165) is 16.8 Å². The molecule has 1 amide bonds. The van der Waals surface area contributed by atoms with Crippen LogP contribution in [0, 0.1) is 0 Å². The third-order valence-corrected chi connectivity index (χ3v) is 3.40. The summed E-state index contributed by atoms with van der Waals surface area (Å²) in [4.78, 5) is 12.1. The first-order valence-electron chi connectivity index (χ1n) is 6.98. The molecule has 1 heterocycles. The molecule has 22 heavy (non-hydrogen) atoms. The highest BCUT2D eigenvalue weighted by atomic mass is 16.5. The molecular weight excluding hydrogens is 280 g/mol. The molecule has 0 fully saturated rings. The molecule has 2 aromatic carbocycles. The lowest BCUT2D eigenvalue weighted by atomic mass is 10.1. The topological polar surface area (TPSA) is 79.9 Å². The first kappa shape index (κ1) is 14.1. The maximum Gasteiger partial charge on any atom is 0.224 e. The van der Waals surface area contributed by atoms with Crippen molar-refractivity contribution in [3.8, 4) is 5.75 Å². The average Bonchev–Trinajstić information content (AvgIpc) is 3.03. The number of H-pyrrole nitrogens is 1. The van der Waals surface area contributed by atoms with E-state index in [0.29, 0.717) is 24.0 Å². The van der Waals surface area contributed by atoms with Crippen LogP contribution in [0.2, 0.25) is 0 Å². The zero-order chi connectivity index (χ0) is 15.4. The van der Waals surface area contributed by atoms with Crippen molar-refractivity contribution in [3.05, 3.63) is 48.0 Å². The number of benzene rings is 2. The van der Waals surface area contributed by atoms with Gasteiger partial charge in [0.05, 0.1) is 12.8 Å². The van der Waals surface area contributed by atoms with Crippen LogP contribution in [-0.4, -0.2) is 28.4 Å². The number of hydrogen-bond donors (Lipinski definition) is 2. The van der Waals surface area contributed by atoms with E-state index in [1.54, 1.807) is 7.11 Å². The summed E-state index contributed by atoms with van der Waals surface area (Å²) in [6.45, 7) is 0. The molecule has 3 rings (SSSR count). The zero-order valence-corrected chi connectivity index (χ0v) is 12.2. The van der Waals surface area contributed by atoms with Crippen LogP contribution in [0.1, 0.15) is 12.0 Å². The Morgan fingerprint density at radius 2 is 2.09 bits per heavy atom. The monoisotopic (exact) mass is 296 g/mol. The van der Waals surface area contributed by atoms with Gasteiger partial charge in [0.1, 0.15) is 16.8 Å². The minimum absolute atomic E-state index is 0.0571. The molecule has 6 heteroatoms. The van der Waals surface area contributed by atoms with Gasteiger partial charge in [-0.15, -0.1) is 0 Å². The summed E-state index contributed by atoms with van der Waals surface area (Å²) in [5.74, 6) is 0.739. The summed E-state index contributed by atoms with van der Waals surface area (Å²) in [6.07, 6.45) is 1.04. The molecule has 1 aromatic heterocycles. The van der Waals surface area contributed by atoms with E-state index in [9.17, 15) is 4.79 Å². The molecule has 0 unspecified atom stereocenters. The Balaban J connectivity index is 1.64.